The van der Waals surface area contributed by atoms with E-state index in [1.807, 2.05) is 25.9 Å². The summed E-state index contributed by atoms with van der Waals surface area (Å²) in [7, 11) is 3.77. The maximum atomic E-state index is 5.78. The lowest BCUT2D eigenvalue weighted by Crippen LogP contribution is -2.12. The van der Waals surface area contributed by atoms with Gasteiger partial charge in [-0.05, 0) is 6.92 Å². The first-order valence-electron chi connectivity index (χ1n) is 3.27. The second-order valence-electron chi connectivity index (χ2n) is 2.52. The van der Waals surface area contributed by atoms with Crippen LogP contribution in [0.1, 0.15) is 5.69 Å². The summed E-state index contributed by atoms with van der Waals surface area (Å²) in [5.74, 6) is 0.715. The van der Waals surface area contributed by atoms with E-state index in [2.05, 4.69) is 9.97 Å². The van der Waals surface area contributed by atoms with Crippen molar-refractivity contribution in [1.29, 1.82) is 0 Å². The first-order chi connectivity index (χ1) is 5.11. The zero-order valence-corrected chi connectivity index (χ0v) is 7.55. The average molecular weight is 172 g/mol. The number of nitrogens with zero attached hydrogens (tertiary/aromatic N) is 3. The first-order valence-corrected chi connectivity index (χ1v) is 3.65. The maximum absolute atomic E-state index is 5.78. The molecule has 0 amide bonds. The molecule has 1 heterocycles. The van der Waals surface area contributed by atoms with Crippen LogP contribution in [0.3, 0.4) is 0 Å². The molecule has 11 heavy (non-hydrogen) atoms. The third-order valence-electron chi connectivity index (χ3n) is 1.26. The van der Waals surface area contributed by atoms with E-state index in [1.54, 1.807) is 6.20 Å². The van der Waals surface area contributed by atoms with Crippen LogP contribution in [0.25, 0.3) is 0 Å². The monoisotopic (exact) mass is 171 g/mol. The molecule has 0 aliphatic carbocycles. The molecule has 3 nitrogen and oxygen atoms in total. The van der Waals surface area contributed by atoms with Crippen LogP contribution in [0.15, 0.2) is 6.20 Å². The largest absolute Gasteiger partial charge is 0.360 e. The Bertz CT molecular complexity index is 260. The Balaban J connectivity index is 3.13. The van der Waals surface area contributed by atoms with Gasteiger partial charge in [-0.2, -0.15) is 0 Å². The number of halogens is 1. The minimum Gasteiger partial charge on any atom is -0.360 e. The summed E-state index contributed by atoms with van der Waals surface area (Å²) in [6.07, 6.45) is 1.65. The van der Waals surface area contributed by atoms with E-state index < -0.39 is 0 Å². The lowest BCUT2D eigenvalue weighted by Gasteiger charge is -2.11. The lowest BCUT2D eigenvalue weighted by atomic mass is 10.5. The van der Waals surface area contributed by atoms with Crippen LogP contribution < -0.4 is 4.90 Å². The molecular weight excluding hydrogens is 162 g/mol. The van der Waals surface area contributed by atoms with Gasteiger partial charge < -0.3 is 4.90 Å². The van der Waals surface area contributed by atoms with Gasteiger partial charge in [0, 0.05) is 14.1 Å². The van der Waals surface area contributed by atoms with Gasteiger partial charge in [0.15, 0.2) is 11.0 Å². The zero-order valence-electron chi connectivity index (χ0n) is 6.80. The standard InChI is InChI=1S/C7H10ClN3/c1-5-4-9-6(8)7(10-5)11(2)3/h4H,1-3H3. The van der Waals surface area contributed by atoms with E-state index in [0.717, 1.165) is 5.69 Å². The smallest absolute Gasteiger partial charge is 0.171 e. The van der Waals surface area contributed by atoms with Crippen LogP contribution in [0, 0.1) is 6.92 Å². The Morgan fingerprint density at radius 3 is 2.55 bits per heavy atom. The van der Waals surface area contributed by atoms with Crippen molar-refractivity contribution in [2.24, 2.45) is 0 Å². The maximum Gasteiger partial charge on any atom is 0.171 e. The highest BCUT2D eigenvalue weighted by atomic mass is 35.5. The van der Waals surface area contributed by atoms with Gasteiger partial charge in [0.2, 0.25) is 0 Å². The van der Waals surface area contributed by atoms with Crippen LogP contribution in [-0.4, -0.2) is 24.1 Å². The van der Waals surface area contributed by atoms with Crippen LogP contribution in [0.4, 0.5) is 5.82 Å². The van der Waals surface area contributed by atoms with Crippen molar-refractivity contribution < 1.29 is 0 Å². The molecule has 0 aromatic carbocycles. The van der Waals surface area contributed by atoms with Gasteiger partial charge in [-0.15, -0.1) is 0 Å². The van der Waals surface area contributed by atoms with E-state index in [0.29, 0.717) is 11.0 Å². The summed E-state index contributed by atoms with van der Waals surface area (Å²) in [5, 5.41) is 0.445. The summed E-state index contributed by atoms with van der Waals surface area (Å²) in [4.78, 5) is 10.0. The fourth-order valence-electron chi connectivity index (χ4n) is 0.734. The van der Waals surface area contributed by atoms with Gasteiger partial charge in [0.25, 0.3) is 0 Å². The van der Waals surface area contributed by atoms with Crippen LogP contribution in [0.5, 0.6) is 0 Å². The second kappa shape index (κ2) is 3.05. The Kier molecular flexibility index (Phi) is 2.29. The van der Waals surface area contributed by atoms with E-state index >= 15 is 0 Å². The predicted molar refractivity (Wildman–Crippen MR) is 46.1 cm³/mol. The molecular formula is C7H10ClN3. The molecule has 0 atom stereocenters. The van der Waals surface area contributed by atoms with Crippen molar-refractivity contribution in [2.45, 2.75) is 6.92 Å². The van der Waals surface area contributed by atoms with E-state index in [4.69, 9.17) is 11.6 Å². The van der Waals surface area contributed by atoms with Crippen molar-refractivity contribution >= 4 is 17.4 Å². The van der Waals surface area contributed by atoms with Gasteiger partial charge in [-0.25, -0.2) is 9.97 Å². The topological polar surface area (TPSA) is 29.0 Å². The van der Waals surface area contributed by atoms with Gasteiger partial charge in [0.05, 0.1) is 11.9 Å². The Morgan fingerprint density at radius 1 is 1.45 bits per heavy atom. The Hall–Kier alpha value is -0.830. The number of hydrogen-bond donors (Lipinski definition) is 0. The molecule has 1 rings (SSSR count). The van der Waals surface area contributed by atoms with Crippen LogP contribution >= 0.6 is 11.6 Å². The Labute approximate surface area is 71.0 Å². The van der Waals surface area contributed by atoms with Crippen molar-refractivity contribution in [3.05, 3.63) is 17.0 Å². The normalized spacial score (nSPS) is 9.82. The number of anilines is 1. The van der Waals surface area contributed by atoms with E-state index in [9.17, 15) is 0 Å². The number of aromatic nitrogens is 2. The quantitative estimate of drug-likeness (QED) is 0.642. The van der Waals surface area contributed by atoms with Crippen molar-refractivity contribution in [3.8, 4) is 0 Å². The molecule has 0 saturated carbocycles. The molecule has 0 radical (unpaired) electrons. The summed E-state index contributed by atoms with van der Waals surface area (Å²) < 4.78 is 0. The molecule has 0 unspecified atom stereocenters. The minimum absolute atomic E-state index is 0.445. The van der Waals surface area contributed by atoms with Crippen LogP contribution in [0.2, 0.25) is 5.15 Å². The van der Waals surface area contributed by atoms with E-state index in [-0.39, 0.29) is 0 Å². The molecule has 0 aliphatic rings. The highest BCUT2D eigenvalue weighted by Gasteiger charge is 2.04. The lowest BCUT2D eigenvalue weighted by molar-refractivity contribution is 1.01. The molecule has 0 spiro atoms. The third kappa shape index (κ3) is 1.80. The highest BCUT2D eigenvalue weighted by molar-refractivity contribution is 6.31. The summed E-state index contributed by atoms with van der Waals surface area (Å²) >= 11 is 5.78. The van der Waals surface area contributed by atoms with Crippen LogP contribution in [-0.2, 0) is 0 Å². The molecule has 0 aliphatic heterocycles. The molecule has 60 valence electrons. The average Bonchev–Trinajstić information content (AvgIpc) is 1.94. The second-order valence-corrected chi connectivity index (χ2v) is 2.88. The van der Waals surface area contributed by atoms with Gasteiger partial charge in [-0.1, -0.05) is 11.6 Å². The fourth-order valence-corrected chi connectivity index (χ4v) is 0.994. The number of aryl methyl sites for hydroxylation is 1. The van der Waals surface area contributed by atoms with Gasteiger partial charge in [0.1, 0.15) is 0 Å². The number of rotatable bonds is 1. The molecule has 1 aromatic heterocycles. The SMILES string of the molecule is Cc1cnc(Cl)c(N(C)C)n1. The van der Waals surface area contributed by atoms with Gasteiger partial charge >= 0.3 is 0 Å². The van der Waals surface area contributed by atoms with Crippen molar-refractivity contribution in [2.75, 3.05) is 19.0 Å². The molecule has 0 saturated heterocycles. The third-order valence-corrected chi connectivity index (χ3v) is 1.52. The fraction of sp³-hybridized carbons (Fsp3) is 0.429. The first kappa shape index (κ1) is 8.27. The highest BCUT2D eigenvalue weighted by Crippen LogP contribution is 2.17. The summed E-state index contributed by atoms with van der Waals surface area (Å²) in [6.45, 7) is 1.89. The minimum atomic E-state index is 0.445. The summed E-state index contributed by atoms with van der Waals surface area (Å²) in [5.41, 5.74) is 0.873. The predicted octanol–water partition coefficient (Wildman–Crippen LogP) is 1.50. The zero-order chi connectivity index (χ0) is 8.43. The molecule has 0 bridgehead atoms. The molecule has 0 N–H and O–H groups in total. The number of hydrogen-bond acceptors (Lipinski definition) is 3. The summed E-state index contributed by atoms with van der Waals surface area (Å²) in [6, 6.07) is 0. The molecule has 4 heteroatoms. The molecule has 1 aromatic rings. The Morgan fingerprint density at radius 2 is 2.09 bits per heavy atom. The van der Waals surface area contributed by atoms with E-state index in [1.165, 1.54) is 0 Å². The van der Waals surface area contributed by atoms with Crippen molar-refractivity contribution in [3.63, 3.8) is 0 Å². The van der Waals surface area contributed by atoms with Gasteiger partial charge in [-0.3, -0.25) is 0 Å². The molecule has 0 fully saturated rings. The van der Waals surface area contributed by atoms with Crippen molar-refractivity contribution in [1.82, 2.24) is 9.97 Å².